The van der Waals surface area contributed by atoms with Gasteiger partial charge in [-0.1, -0.05) is 15.9 Å². The fourth-order valence-electron chi connectivity index (χ4n) is 1.25. The second-order valence-corrected chi connectivity index (χ2v) is 5.23. The third kappa shape index (κ3) is 2.17. The predicted octanol–water partition coefficient (Wildman–Crippen LogP) is 3.75. The monoisotopic (exact) mass is 362 g/mol. The molecule has 72 valence electrons. The van der Waals surface area contributed by atoms with Crippen molar-refractivity contribution in [1.29, 1.82) is 0 Å². The number of aromatic nitrogens is 2. The molecule has 1 aromatic carbocycles. The Labute approximate surface area is 104 Å². The van der Waals surface area contributed by atoms with E-state index in [9.17, 15) is 0 Å². The van der Waals surface area contributed by atoms with E-state index >= 15 is 0 Å². The first kappa shape index (κ1) is 10.2. The summed E-state index contributed by atoms with van der Waals surface area (Å²) in [6.45, 7) is 2.00. The zero-order valence-electron chi connectivity index (χ0n) is 7.51. The van der Waals surface area contributed by atoms with Crippen LogP contribution in [0.4, 0.5) is 0 Å². The van der Waals surface area contributed by atoms with E-state index in [1.807, 2.05) is 13.1 Å². The van der Waals surface area contributed by atoms with Gasteiger partial charge in [0, 0.05) is 25.5 Å². The molecular weight excluding hydrogens is 355 g/mol. The number of rotatable bonds is 1. The van der Waals surface area contributed by atoms with E-state index in [0.29, 0.717) is 0 Å². The fraction of sp³-hybridized carbons (Fsp3) is 0.100. The van der Waals surface area contributed by atoms with Gasteiger partial charge in [0.1, 0.15) is 5.82 Å². The van der Waals surface area contributed by atoms with Crippen molar-refractivity contribution in [1.82, 2.24) is 9.97 Å². The van der Waals surface area contributed by atoms with Gasteiger partial charge in [-0.3, -0.25) is 0 Å². The van der Waals surface area contributed by atoms with E-state index in [0.717, 1.165) is 21.6 Å². The zero-order valence-corrected chi connectivity index (χ0v) is 11.3. The van der Waals surface area contributed by atoms with E-state index in [-0.39, 0.29) is 0 Å². The van der Waals surface area contributed by atoms with Crippen molar-refractivity contribution in [2.75, 3.05) is 0 Å². The highest BCUT2D eigenvalue weighted by Crippen LogP contribution is 2.23. The van der Waals surface area contributed by atoms with Crippen LogP contribution in [-0.4, -0.2) is 9.97 Å². The third-order valence-corrected chi connectivity index (χ3v) is 2.92. The molecule has 1 aromatic heterocycles. The van der Waals surface area contributed by atoms with E-state index in [1.165, 1.54) is 3.57 Å². The maximum Gasteiger partial charge on any atom is 0.137 e. The minimum absolute atomic E-state index is 0.918. The lowest BCUT2D eigenvalue weighted by molar-refractivity contribution is 1.25. The Balaban J connectivity index is 2.51. The van der Waals surface area contributed by atoms with Gasteiger partial charge >= 0.3 is 0 Å². The molecule has 0 saturated heterocycles. The van der Waals surface area contributed by atoms with Gasteiger partial charge in [0.2, 0.25) is 0 Å². The number of halogens is 2. The summed E-state index contributed by atoms with van der Waals surface area (Å²) in [5, 5.41) is 0. The quantitative estimate of drug-likeness (QED) is 0.769. The molecule has 0 saturated carbocycles. The molecule has 0 spiro atoms. The third-order valence-electron chi connectivity index (χ3n) is 1.84. The number of hydrogen-bond donors (Lipinski definition) is 1. The van der Waals surface area contributed by atoms with Crippen LogP contribution in [-0.2, 0) is 0 Å². The number of aryl methyl sites for hydroxylation is 1. The second kappa shape index (κ2) is 4.02. The number of benzene rings is 1. The molecular formula is C10H8BrIN2. The summed E-state index contributed by atoms with van der Waals surface area (Å²) in [5.41, 5.74) is 2.19. The van der Waals surface area contributed by atoms with Gasteiger partial charge in [-0.15, -0.1) is 0 Å². The SMILES string of the molecule is Cc1cnc(-c2cc(Br)cc(I)c2)[nH]1. The number of aromatic amines is 1. The Morgan fingerprint density at radius 1 is 1.36 bits per heavy atom. The van der Waals surface area contributed by atoms with Gasteiger partial charge in [-0.25, -0.2) is 4.98 Å². The highest BCUT2D eigenvalue weighted by Gasteiger charge is 2.03. The van der Waals surface area contributed by atoms with E-state index in [4.69, 9.17) is 0 Å². The second-order valence-electron chi connectivity index (χ2n) is 3.07. The van der Waals surface area contributed by atoms with Crippen molar-refractivity contribution in [2.24, 2.45) is 0 Å². The van der Waals surface area contributed by atoms with Crippen molar-refractivity contribution in [3.8, 4) is 11.4 Å². The molecule has 0 fully saturated rings. The molecule has 14 heavy (non-hydrogen) atoms. The molecule has 0 amide bonds. The zero-order chi connectivity index (χ0) is 10.1. The Bertz CT molecular complexity index is 445. The number of nitrogens with zero attached hydrogens (tertiary/aromatic N) is 1. The summed E-state index contributed by atoms with van der Waals surface area (Å²) in [4.78, 5) is 7.50. The normalized spacial score (nSPS) is 10.5. The van der Waals surface area contributed by atoms with Gasteiger partial charge < -0.3 is 4.98 Å². The van der Waals surface area contributed by atoms with E-state index in [2.05, 4.69) is 66.7 Å². The summed E-state index contributed by atoms with van der Waals surface area (Å²) in [6, 6.07) is 6.23. The van der Waals surface area contributed by atoms with Crippen LogP contribution in [0.2, 0.25) is 0 Å². The van der Waals surface area contributed by atoms with Crippen molar-refractivity contribution < 1.29 is 0 Å². The molecule has 0 bridgehead atoms. The van der Waals surface area contributed by atoms with Gasteiger partial charge in [0.15, 0.2) is 0 Å². The first-order chi connectivity index (χ1) is 6.65. The first-order valence-corrected chi connectivity index (χ1v) is 6.00. The Kier molecular flexibility index (Phi) is 2.92. The lowest BCUT2D eigenvalue weighted by atomic mass is 10.2. The molecule has 4 heteroatoms. The number of nitrogens with one attached hydrogen (secondary N) is 1. The minimum Gasteiger partial charge on any atom is -0.342 e. The highest BCUT2D eigenvalue weighted by molar-refractivity contribution is 14.1. The predicted molar refractivity (Wildman–Crippen MR) is 69.2 cm³/mol. The van der Waals surface area contributed by atoms with Crippen molar-refractivity contribution in [3.05, 3.63) is 38.1 Å². The molecule has 0 aliphatic heterocycles. The Morgan fingerprint density at radius 2 is 2.14 bits per heavy atom. The molecule has 2 aromatic rings. The maximum atomic E-state index is 4.29. The van der Waals surface area contributed by atoms with Crippen LogP contribution in [0.15, 0.2) is 28.9 Å². The van der Waals surface area contributed by atoms with Crippen LogP contribution in [0, 0.1) is 10.5 Å². The molecule has 2 nitrogen and oxygen atoms in total. The van der Waals surface area contributed by atoms with Crippen LogP contribution in [0.3, 0.4) is 0 Å². The van der Waals surface area contributed by atoms with Gasteiger partial charge in [-0.05, 0) is 47.7 Å². The number of imidazole rings is 1. The molecule has 1 N–H and O–H groups in total. The minimum atomic E-state index is 0.918. The lowest BCUT2D eigenvalue weighted by Crippen LogP contribution is -1.82. The molecule has 0 aliphatic carbocycles. The van der Waals surface area contributed by atoms with Crippen molar-refractivity contribution >= 4 is 38.5 Å². The average molecular weight is 363 g/mol. The maximum absolute atomic E-state index is 4.29. The van der Waals surface area contributed by atoms with Crippen molar-refractivity contribution in [3.63, 3.8) is 0 Å². The Morgan fingerprint density at radius 3 is 2.71 bits per heavy atom. The van der Waals surface area contributed by atoms with Crippen LogP contribution >= 0.6 is 38.5 Å². The number of hydrogen-bond acceptors (Lipinski definition) is 1. The molecule has 0 radical (unpaired) electrons. The molecule has 0 atom stereocenters. The summed E-state index contributed by atoms with van der Waals surface area (Å²) >= 11 is 5.76. The standard InChI is InChI=1S/C10H8BrIN2/c1-6-5-13-10(14-6)7-2-8(11)4-9(12)3-7/h2-5H,1H3,(H,13,14). The summed E-state index contributed by atoms with van der Waals surface area (Å²) in [7, 11) is 0. The van der Waals surface area contributed by atoms with E-state index < -0.39 is 0 Å². The number of H-pyrrole nitrogens is 1. The highest BCUT2D eigenvalue weighted by atomic mass is 127. The van der Waals surface area contributed by atoms with Gasteiger partial charge in [-0.2, -0.15) is 0 Å². The van der Waals surface area contributed by atoms with Gasteiger partial charge in [0.05, 0.1) is 0 Å². The Hall–Kier alpha value is -0.360. The smallest absolute Gasteiger partial charge is 0.137 e. The van der Waals surface area contributed by atoms with Crippen LogP contribution in [0.1, 0.15) is 5.69 Å². The van der Waals surface area contributed by atoms with Crippen molar-refractivity contribution in [2.45, 2.75) is 6.92 Å². The summed E-state index contributed by atoms with van der Waals surface area (Å²) in [5.74, 6) is 0.918. The van der Waals surface area contributed by atoms with E-state index in [1.54, 1.807) is 0 Å². The lowest BCUT2D eigenvalue weighted by Gasteiger charge is -1.99. The van der Waals surface area contributed by atoms with Crippen LogP contribution in [0.5, 0.6) is 0 Å². The largest absolute Gasteiger partial charge is 0.342 e. The fourth-order valence-corrected chi connectivity index (χ4v) is 2.84. The molecule has 0 aliphatic rings. The molecule has 0 unspecified atom stereocenters. The molecule has 2 rings (SSSR count). The topological polar surface area (TPSA) is 28.7 Å². The first-order valence-electron chi connectivity index (χ1n) is 4.13. The average Bonchev–Trinajstić information content (AvgIpc) is 2.50. The van der Waals surface area contributed by atoms with Crippen LogP contribution < -0.4 is 0 Å². The van der Waals surface area contributed by atoms with Gasteiger partial charge in [0.25, 0.3) is 0 Å². The van der Waals surface area contributed by atoms with Crippen LogP contribution in [0.25, 0.3) is 11.4 Å². The summed E-state index contributed by atoms with van der Waals surface area (Å²) in [6.07, 6.45) is 1.84. The summed E-state index contributed by atoms with van der Waals surface area (Å²) < 4.78 is 2.27. The molecule has 1 heterocycles.